The molecule has 0 atom stereocenters. The lowest BCUT2D eigenvalue weighted by atomic mass is 9.83. The van der Waals surface area contributed by atoms with Gasteiger partial charge in [0.2, 0.25) is 0 Å². The molecule has 1 aromatic carbocycles. The van der Waals surface area contributed by atoms with Crippen molar-refractivity contribution in [1.29, 1.82) is 0 Å². The SMILES string of the molecule is CCc1ccc2c(c1)OC1(CC2)CCN(CCN)CC1. The van der Waals surface area contributed by atoms with E-state index in [9.17, 15) is 0 Å². The third-order valence-corrected chi connectivity index (χ3v) is 4.93. The molecule has 1 fully saturated rings. The molecule has 2 N–H and O–H groups in total. The molecule has 2 aliphatic heterocycles. The second-order valence-electron chi connectivity index (χ2n) is 6.21. The maximum atomic E-state index is 6.47. The van der Waals surface area contributed by atoms with Crippen LogP contribution in [0.3, 0.4) is 0 Å². The van der Waals surface area contributed by atoms with Crippen molar-refractivity contribution < 1.29 is 4.74 Å². The Morgan fingerprint density at radius 2 is 2.05 bits per heavy atom. The van der Waals surface area contributed by atoms with Crippen LogP contribution >= 0.6 is 0 Å². The summed E-state index contributed by atoms with van der Waals surface area (Å²) in [4.78, 5) is 2.46. The van der Waals surface area contributed by atoms with Crippen LogP contribution in [-0.2, 0) is 12.8 Å². The minimum absolute atomic E-state index is 0.0878. The first kappa shape index (κ1) is 13.9. The number of benzene rings is 1. The van der Waals surface area contributed by atoms with Gasteiger partial charge in [-0.3, -0.25) is 0 Å². The third kappa shape index (κ3) is 2.70. The molecular formula is C17H26N2O. The number of ether oxygens (including phenoxy) is 1. The number of fused-ring (bicyclic) bond motifs is 1. The topological polar surface area (TPSA) is 38.5 Å². The average molecular weight is 274 g/mol. The van der Waals surface area contributed by atoms with Crippen molar-refractivity contribution in [2.24, 2.45) is 5.73 Å². The highest BCUT2D eigenvalue weighted by Crippen LogP contribution is 2.39. The summed E-state index contributed by atoms with van der Waals surface area (Å²) in [5.41, 5.74) is 8.50. The number of hydrogen-bond donors (Lipinski definition) is 1. The van der Waals surface area contributed by atoms with Gasteiger partial charge in [0, 0.05) is 26.2 Å². The molecule has 1 aromatic rings. The first-order valence-corrected chi connectivity index (χ1v) is 7.98. The van der Waals surface area contributed by atoms with Crippen LogP contribution in [0.4, 0.5) is 0 Å². The van der Waals surface area contributed by atoms with E-state index < -0.39 is 0 Å². The zero-order chi connectivity index (χ0) is 14.0. The fourth-order valence-electron chi connectivity index (χ4n) is 3.49. The van der Waals surface area contributed by atoms with E-state index in [0.29, 0.717) is 0 Å². The molecule has 2 heterocycles. The molecule has 1 spiro atoms. The molecule has 20 heavy (non-hydrogen) atoms. The molecule has 1 saturated heterocycles. The molecule has 2 aliphatic rings. The van der Waals surface area contributed by atoms with E-state index in [1.54, 1.807) is 0 Å². The van der Waals surface area contributed by atoms with Crippen molar-refractivity contribution in [2.45, 2.75) is 44.6 Å². The van der Waals surface area contributed by atoms with Crippen molar-refractivity contribution >= 4 is 0 Å². The molecule has 3 rings (SSSR count). The van der Waals surface area contributed by atoms with E-state index in [4.69, 9.17) is 10.5 Å². The maximum absolute atomic E-state index is 6.47. The van der Waals surface area contributed by atoms with Crippen LogP contribution < -0.4 is 10.5 Å². The normalized spacial score (nSPS) is 21.5. The number of rotatable bonds is 3. The van der Waals surface area contributed by atoms with Gasteiger partial charge in [0.1, 0.15) is 11.4 Å². The van der Waals surface area contributed by atoms with Crippen LogP contribution in [0.1, 0.15) is 37.3 Å². The lowest BCUT2D eigenvalue weighted by Gasteiger charge is -2.44. The predicted octanol–water partition coefficient (Wildman–Crippen LogP) is 2.37. The molecular weight excluding hydrogens is 248 g/mol. The van der Waals surface area contributed by atoms with Gasteiger partial charge in [-0.15, -0.1) is 0 Å². The number of nitrogens with zero attached hydrogens (tertiary/aromatic N) is 1. The number of nitrogens with two attached hydrogens (primary N) is 1. The fraction of sp³-hybridized carbons (Fsp3) is 0.647. The van der Waals surface area contributed by atoms with E-state index in [-0.39, 0.29) is 5.60 Å². The van der Waals surface area contributed by atoms with Crippen LogP contribution in [0.5, 0.6) is 5.75 Å². The van der Waals surface area contributed by atoms with Crippen molar-refractivity contribution in [3.05, 3.63) is 29.3 Å². The molecule has 0 saturated carbocycles. The Morgan fingerprint density at radius 1 is 1.25 bits per heavy atom. The Labute approximate surface area is 122 Å². The smallest absolute Gasteiger partial charge is 0.123 e. The largest absolute Gasteiger partial charge is 0.487 e. The Hall–Kier alpha value is -1.06. The van der Waals surface area contributed by atoms with Crippen LogP contribution in [0, 0.1) is 0 Å². The van der Waals surface area contributed by atoms with Gasteiger partial charge in [-0.1, -0.05) is 19.1 Å². The number of aryl methyl sites for hydroxylation is 2. The second-order valence-corrected chi connectivity index (χ2v) is 6.21. The van der Waals surface area contributed by atoms with Gasteiger partial charge in [0.25, 0.3) is 0 Å². The van der Waals surface area contributed by atoms with Gasteiger partial charge in [0.05, 0.1) is 0 Å². The highest BCUT2D eigenvalue weighted by molar-refractivity contribution is 5.40. The average Bonchev–Trinajstić information content (AvgIpc) is 2.49. The van der Waals surface area contributed by atoms with Crippen LogP contribution in [0.2, 0.25) is 0 Å². The van der Waals surface area contributed by atoms with Crippen LogP contribution in [0.25, 0.3) is 0 Å². The monoisotopic (exact) mass is 274 g/mol. The maximum Gasteiger partial charge on any atom is 0.123 e. The Balaban J connectivity index is 1.72. The van der Waals surface area contributed by atoms with Crippen molar-refractivity contribution in [2.75, 3.05) is 26.2 Å². The molecule has 3 heteroatoms. The van der Waals surface area contributed by atoms with Gasteiger partial charge >= 0.3 is 0 Å². The fourth-order valence-corrected chi connectivity index (χ4v) is 3.49. The first-order chi connectivity index (χ1) is 9.74. The summed E-state index contributed by atoms with van der Waals surface area (Å²) in [6.07, 6.45) is 5.69. The molecule has 0 aromatic heterocycles. The molecule has 0 radical (unpaired) electrons. The standard InChI is InChI=1S/C17H26N2O/c1-2-14-3-4-15-5-6-17(20-16(15)13-14)7-10-19(11-8-17)12-9-18/h3-4,13H,2,5-12,18H2,1H3. The van der Waals surface area contributed by atoms with Crippen molar-refractivity contribution in [1.82, 2.24) is 4.90 Å². The zero-order valence-electron chi connectivity index (χ0n) is 12.5. The second kappa shape index (κ2) is 5.74. The molecule has 0 aliphatic carbocycles. The summed E-state index contributed by atoms with van der Waals surface area (Å²) < 4.78 is 6.47. The first-order valence-electron chi connectivity index (χ1n) is 7.98. The summed E-state index contributed by atoms with van der Waals surface area (Å²) >= 11 is 0. The number of hydrogen-bond acceptors (Lipinski definition) is 3. The molecule has 0 bridgehead atoms. The Bertz CT molecular complexity index is 464. The summed E-state index contributed by atoms with van der Waals surface area (Å²) in [5.74, 6) is 1.14. The van der Waals surface area contributed by atoms with Gasteiger partial charge < -0.3 is 15.4 Å². The summed E-state index contributed by atoms with van der Waals surface area (Å²) in [6.45, 7) is 6.23. The van der Waals surface area contributed by atoms with Gasteiger partial charge in [0.15, 0.2) is 0 Å². The van der Waals surface area contributed by atoms with Gasteiger partial charge in [-0.2, -0.15) is 0 Å². The summed E-state index contributed by atoms with van der Waals surface area (Å²) in [5, 5.41) is 0. The Morgan fingerprint density at radius 3 is 2.75 bits per heavy atom. The number of likely N-dealkylation sites (tertiary alicyclic amines) is 1. The van der Waals surface area contributed by atoms with E-state index in [1.165, 1.54) is 17.5 Å². The quantitative estimate of drug-likeness (QED) is 0.919. The minimum Gasteiger partial charge on any atom is -0.487 e. The minimum atomic E-state index is 0.0878. The third-order valence-electron chi connectivity index (χ3n) is 4.93. The lowest BCUT2D eigenvalue weighted by molar-refractivity contribution is -0.0137. The van der Waals surface area contributed by atoms with Gasteiger partial charge in [-0.25, -0.2) is 0 Å². The number of piperidine rings is 1. The highest BCUT2D eigenvalue weighted by atomic mass is 16.5. The van der Waals surface area contributed by atoms with Gasteiger partial charge in [-0.05, 0) is 49.3 Å². The molecule has 3 nitrogen and oxygen atoms in total. The lowest BCUT2D eigenvalue weighted by Crippen LogP contribution is -2.50. The van der Waals surface area contributed by atoms with E-state index >= 15 is 0 Å². The van der Waals surface area contributed by atoms with Crippen LogP contribution in [-0.4, -0.2) is 36.7 Å². The van der Waals surface area contributed by atoms with Crippen molar-refractivity contribution in [3.8, 4) is 5.75 Å². The molecule has 110 valence electrons. The van der Waals surface area contributed by atoms with E-state index in [1.807, 2.05) is 0 Å². The highest BCUT2D eigenvalue weighted by Gasteiger charge is 2.39. The Kier molecular flexibility index (Phi) is 3.99. The predicted molar refractivity (Wildman–Crippen MR) is 82.2 cm³/mol. The summed E-state index contributed by atoms with van der Waals surface area (Å²) in [6, 6.07) is 6.75. The molecule has 0 unspecified atom stereocenters. The molecule has 0 amide bonds. The van der Waals surface area contributed by atoms with Crippen molar-refractivity contribution in [3.63, 3.8) is 0 Å². The summed E-state index contributed by atoms with van der Waals surface area (Å²) in [7, 11) is 0. The van der Waals surface area contributed by atoms with E-state index in [0.717, 1.165) is 57.6 Å². The van der Waals surface area contributed by atoms with E-state index in [2.05, 4.69) is 30.0 Å². The zero-order valence-corrected chi connectivity index (χ0v) is 12.5. The van der Waals surface area contributed by atoms with Crippen LogP contribution in [0.15, 0.2) is 18.2 Å².